The fourth-order valence-electron chi connectivity index (χ4n) is 3.24. The summed E-state index contributed by atoms with van der Waals surface area (Å²) in [4.78, 5) is 39.4. The van der Waals surface area contributed by atoms with Crippen LogP contribution in [0.5, 0.6) is 11.5 Å². The van der Waals surface area contributed by atoms with Gasteiger partial charge in [0, 0.05) is 31.7 Å². The number of para-hydroxylation sites is 2. The highest BCUT2D eigenvalue weighted by Crippen LogP contribution is 2.25. The molecule has 1 aliphatic heterocycles. The maximum absolute atomic E-state index is 12.6. The molecule has 3 rings (SSSR count). The Balaban J connectivity index is 1.45. The highest BCUT2D eigenvalue weighted by atomic mass is 16.5. The molecule has 1 saturated heterocycles. The van der Waals surface area contributed by atoms with Crippen molar-refractivity contribution >= 4 is 17.8 Å². The Labute approximate surface area is 174 Å². The van der Waals surface area contributed by atoms with E-state index < -0.39 is 5.97 Å². The van der Waals surface area contributed by atoms with Crippen molar-refractivity contribution in [1.82, 2.24) is 9.80 Å². The van der Waals surface area contributed by atoms with Crippen molar-refractivity contribution in [3.8, 4) is 11.5 Å². The molecule has 1 N–H and O–H groups in total. The molecule has 1 fully saturated rings. The lowest BCUT2D eigenvalue weighted by atomic mass is 10.1. The van der Waals surface area contributed by atoms with Gasteiger partial charge in [0.1, 0.15) is 0 Å². The van der Waals surface area contributed by atoms with Crippen LogP contribution in [-0.4, -0.2) is 72.6 Å². The van der Waals surface area contributed by atoms with Gasteiger partial charge < -0.3 is 24.4 Å². The maximum atomic E-state index is 12.6. The number of aromatic carboxylic acids is 1. The van der Waals surface area contributed by atoms with Gasteiger partial charge in [-0.3, -0.25) is 9.59 Å². The summed E-state index contributed by atoms with van der Waals surface area (Å²) in [6.45, 7) is 2.00. The maximum Gasteiger partial charge on any atom is 0.335 e. The van der Waals surface area contributed by atoms with Gasteiger partial charge in [0.05, 0.1) is 25.7 Å². The van der Waals surface area contributed by atoms with Crippen LogP contribution in [0.25, 0.3) is 0 Å². The smallest absolute Gasteiger partial charge is 0.335 e. The van der Waals surface area contributed by atoms with Gasteiger partial charge in [0.25, 0.3) is 5.91 Å². The monoisotopic (exact) mass is 412 g/mol. The third-order valence-corrected chi connectivity index (χ3v) is 4.94. The zero-order valence-electron chi connectivity index (χ0n) is 16.7. The predicted molar refractivity (Wildman–Crippen MR) is 109 cm³/mol. The summed E-state index contributed by atoms with van der Waals surface area (Å²) in [5.41, 5.74) is 0.572. The van der Waals surface area contributed by atoms with Crippen LogP contribution in [0, 0.1) is 0 Å². The fraction of sp³-hybridized carbons (Fsp3) is 0.318. The number of carboxylic acid groups (broad SMARTS) is 1. The van der Waals surface area contributed by atoms with E-state index in [0.29, 0.717) is 43.2 Å². The minimum atomic E-state index is -1.03. The Morgan fingerprint density at radius 2 is 1.43 bits per heavy atom. The lowest BCUT2D eigenvalue weighted by molar-refractivity contribution is -0.133. The summed E-state index contributed by atoms with van der Waals surface area (Å²) < 4.78 is 10.9. The summed E-state index contributed by atoms with van der Waals surface area (Å²) in [6, 6.07) is 13.1. The average molecular weight is 412 g/mol. The zero-order chi connectivity index (χ0) is 21.5. The Kier molecular flexibility index (Phi) is 6.90. The number of amides is 2. The third kappa shape index (κ3) is 5.08. The number of methoxy groups -OCH3 is 1. The predicted octanol–water partition coefficient (Wildman–Crippen LogP) is 2.15. The number of ether oxygens (including phenoxy) is 2. The lowest BCUT2D eigenvalue weighted by Gasteiger charge is -2.35. The van der Waals surface area contributed by atoms with Crippen molar-refractivity contribution in [3.63, 3.8) is 0 Å². The second-order valence-electron chi connectivity index (χ2n) is 6.80. The van der Waals surface area contributed by atoms with Gasteiger partial charge >= 0.3 is 5.97 Å². The van der Waals surface area contributed by atoms with Crippen LogP contribution in [0.4, 0.5) is 0 Å². The second-order valence-corrected chi connectivity index (χ2v) is 6.80. The molecule has 0 saturated carbocycles. The van der Waals surface area contributed by atoms with Crippen molar-refractivity contribution in [2.45, 2.75) is 6.42 Å². The molecule has 30 heavy (non-hydrogen) atoms. The van der Waals surface area contributed by atoms with Gasteiger partial charge in [0.2, 0.25) is 5.91 Å². The molecule has 158 valence electrons. The number of rotatable bonds is 7. The van der Waals surface area contributed by atoms with E-state index in [4.69, 9.17) is 14.6 Å². The molecule has 1 heterocycles. The summed E-state index contributed by atoms with van der Waals surface area (Å²) in [5, 5.41) is 8.95. The molecule has 0 atom stereocenters. The Hall–Kier alpha value is -3.55. The molecule has 0 aromatic heterocycles. The average Bonchev–Trinajstić information content (AvgIpc) is 2.79. The molecule has 0 radical (unpaired) electrons. The SMILES string of the molecule is COc1ccccc1OCCC(=O)N1CCN(C(=O)c2ccc(C(=O)O)cc2)CC1. The number of hydrogen-bond donors (Lipinski definition) is 1. The third-order valence-electron chi connectivity index (χ3n) is 4.94. The van der Waals surface area contributed by atoms with Gasteiger partial charge in [-0.25, -0.2) is 4.79 Å². The first-order valence-corrected chi connectivity index (χ1v) is 9.66. The number of piperazine rings is 1. The summed E-state index contributed by atoms with van der Waals surface area (Å²) in [5.74, 6) is -0.0113. The number of nitrogens with zero attached hydrogens (tertiary/aromatic N) is 2. The Morgan fingerprint density at radius 1 is 0.867 bits per heavy atom. The summed E-state index contributed by atoms with van der Waals surface area (Å²) >= 11 is 0. The largest absolute Gasteiger partial charge is 0.493 e. The van der Waals surface area contributed by atoms with Crippen molar-refractivity contribution in [1.29, 1.82) is 0 Å². The van der Waals surface area contributed by atoms with Gasteiger partial charge in [0.15, 0.2) is 11.5 Å². The Morgan fingerprint density at radius 3 is 2.03 bits per heavy atom. The highest BCUT2D eigenvalue weighted by molar-refractivity contribution is 5.96. The van der Waals surface area contributed by atoms with Crippen LogP contribution in [0.1, 0.15) is 27.1 Å². The first-order valence-electron chi connectivity index (χ1n) is 9.66. The van der Waals surface area contributed by atoms with E-state index in [9.17, 15) is 14.4 Å². The number of hydrogen-bond acceptors (Lipinski definition) is 5. The molecule has 8 heteroatoms. The summed E-state index contributed by atoms with van der Waals surface area (Å²) in [6.07, 6.45) is 0.239. The van der Waals surface area contributed by atoms with E-state index in [1.54, 1.807) is 29.0 Å². The lowest BCUT2D eigenvalue weighted by Crippen LogP contribution is -2.50. The van der Waals surface area contributed by atoms with Gasteiger partial charge in [-0.2, -0.15) is 0 Å². The molecular weight excluding hydrogens is 388 g/mol. The minimum Gasteiger partial charge on any atom is -0.493 e. The van der Waals surface area contributed by atoms with Crippen LogP contribution in [0.15, 0.2) is 48.5 Å². The first-order chi connectivity index (χ1) is 14.5. The molecule has 8 nitrogen and oxygen atoms in total. The van der Waals surface area contributed by atoms with Crippen molar-refractivity contribution in [2.75, 3.05) is 39.9 Å². The van der Waals surface area contributed by atoms with E-state index in [2.05, 4.69) is 0 Å². The van der Waals surface area contributed by atoms with Crippen molar-refractivity contribution in [3.05, 3.63) is 59.7 Å². The Bertz CT molecular complexity index is 904. The van der Waals surface area contributed by atoms with Crippen LogP contribution in [0.2, 0.25) is 0 Å². The molecular formula is C22H24N2O6. The zero-order valence-corrected chi connectivity index (χ0v) is 16.7. The van der Waals surface area contributed by atoms with E-state index in [1.807, 2.05) is 12.1 Å². The van der Waals surface area contributed by atoms with Crippen molar-refractivity contribution < 1.29 is 29.0 Å². The van der Waals surface area contributed by atoms with Gasteiger partial charge in [-0.15, -0.1) is 0 Å². The molecule has 0 spiro atoms. The van der Waals surface area contributed by atoms with Crippen LogP contribution in [0.3, 0.4) is 0 Å². The molecule has 0 unspecified atom stereocenters. The first kappa shape index (κ1) is 21.2. The highest BCUT2D eigenvalue weighted by Gasteiger charge is 2.25. The van der Waals surface area contributed by atoms with E-state index in [1.165, 1.54) is 24.3 Å². The number of carbonyl (C=O) groups excluding carboxylic acids is 2. The number of benzene rings is 2. The number of carbonyl (C=O) groups is 3. The summed E-state index contributed by atoms with van der Waals surface area (Å²) in [7, 11) is 1.56. The van der Waals surface area contributed by atoms with Crippen molar-refractivity contribution in [2.24, 2.45) is 0 Å². The van der Waals surface area contributed by atoms with E-state index in [0.717, 1.165) is 0 Å². The molecule has 0 aliphatic carbocycles. The molecule has 2 aromatic carbocycles. The molecule has 0 bridgehead atoms. The van der Waals surface area contributed by atoms with Gasteiger partial charge in [-0.05, 0) is 36.4 Å². The quantitative estimate of drug-likeness (QED) is 0.749. The molecule has 1 aliphatic rings. The van der Waals surface area contributed by atoms with Crippen LogP contribution >= 0.6 is 0 Å². The standard InChI is InChI=1S/C22H24N2O6/c1-29-18-4-2-3-5-19(18)30-15-10-20(25)23-11-13-24(14-12-23)21(26)16-6-8-17(9-7-16)22(27)28/h2-9H,10-15H2,1H3,(H,27,28). The fourth-order valence-corrected chi connectivity index (χ4v) is 3.24. The topological polar surface area (TPSA) is 96.4 Å². The molecule has 2 amide bonds. The van der Waals surface area contributed by atoms with Crippen LogP contribution < -0.4 is 9.47 Å². The minimum absolute atomic E-state index is 0.0252. The van der Waals surface area contributed by atoms with Crippen LogP contribution in [-0.2, 0) is 4.79 Å². The molecule has 2 aromatic rings. The van der Waals surface area contributed by atoms with E-state index in [-0.39, 0.29) is 30.4 Å². The van der Waals surface area contributed by atoms with Gasteiger partial charge in [-0.1, -0.05) is 12.1 Å². The second kappa shape index (κ2) is 9.78. The van der Waals surface area contributed by atoms with E-state index >= 15 is 0 Å². The normalized spacial score (nSPS) is 13.6. The number of carboxylic acids is 1.